The Morgan fingerprint density at radius 1 is 0.767 bits per heavy atom. The number of rotatable bonds is 16. The van der Waals surface area contributed by atoms with Crippen LogP contribution in [0.15, 0.2) is 128 Å². The average molecular weight is 813 g/mol. The van der Waals surface area contributed by atoms with Crippen LogP contribution < -0.4 is 20.3 Å². The fourth-order valence-electron chi connectivity index (χ4n) is 7.39. The molecule has 0 saturated carbocycles. The van der Waals surface area contributed by atoms with E-state index < -0.39 is 11.9 Å². The van der Waals surface area contributed by atoms with Crippen LogP contribution in [-0.2, 0) is 33.6 Å². The fraction of sp³-hybridized carbons (Fsp3) is 0.245. The van der Waals surface area contributed by atoms with Crippen molar-refractivity contribution in [2.45, 2.75) is 44.6 Å². The number of aryl methyl sites for hydroxylation is 2. The molecule has 7 rings (SSSR count). The number of halogens is 3. The number of anilines is 2. The third-order valence-corrected chi connectivity index (χ3v) is 10.6. The minimum absolute atomic E-state index is 0.105. The van der Waals surface area contributed by atoms with Crippen molar-refractivity contribution in [3.05, 3.63) is 167 Å². The maximum atomic E-state index is 16.1. The van der Waals surface area contributed by atoms with Crippen molar-refractivity contribution in [3.8, 4) is 28.0 Å². The molecule has 0 radical (unpaired) electrons. The predicted octanol–water partition coefficient (Wildman–Crippen LogP) is 9.67. The van der Waals surface area contributed by atoms with Crippen molar-refractivity contribution in [2.24, 2.45) is 0 Å². The zero-order chi connectivity index (χ0) is 41.8. The van der Waals surface area contributed by atoms with Crippen LogP contribution in [-0.4, -0.2) is 50.1 Å². The van der Waals surface area contributed by atoms with Crippen molar-refractivity contribution in [2.75, 3.05) is 43.6 Å². The number of pyridine rings is 1. The van der Waals surface area contributed by atoms with E-state index in [0.717, 1.165) is 41.5 Å². The summed E-state index contributed by atoms with van der Waals surface area (Å²) >= 11 is 0. The number of carbonyl (C=O) groups is 2. The van der Waals surface area contributed by atoms with E-state index in [0.29, 0.717) is 72.8 Å². The van der Waals surface area contributed by atoms with Gasteiger partial charge in [0.15, 0.2) is 11.6 Å². The van der Waals surface area contributed by atoms with Gasteiger partial charge in [-0.1, -0.05) is 91.0 Å². The minimum Gasteiger partial charge on any atom is -0.493 e. The summed E-state index contributed by atoms with van der Waals surface area (Å²) in [5.74, 6) is -0.434. The van der Waals surface area contributed by atoms with Crippen LogP contribution in [0.2, 0.25) is 0 Å². The second-order valence-electron chi connectivity index (χ2n) is 14.8. The number of methoxy groups -OCH3 is 1. The summed E-state index contributed by atoms with van der Waals surface area (Å²) in [7, 11) is 1.45. The van der Waals surface area contributed by atoms with Gasteiger partial charge in [-0.2, -0.15) is 0 Å². The number of amides is 2. The molecule has 0 aliphatic carbocycles. The van der Waals surface area contributed by atoms with Gasteiger partial charge < -0.3 is 25.0 Å². The van der Waals surface area contributed by atoms with Crippen molar-refractivity contribution < 1.29 is 32.2 Å². The first-order valence-electron chi connectivity index (χ1n) is 20.2. The largest absolute Gasteiger partial charge is 0.493 e. The monoisotopic (exact) mass is 812 g/mol. The van der Waals surface area contributed by atoms with E-state index in [4.69, 9.17) is 9.47 Å². The van der Waals surface area contributed by atoms with E-state index in [1.54, 1.807) is 36.5 Å². The highest BCUT2D eigenvalue weighted by atomic mass is 19.1. The van der Waals surface area contributed by atoms with Crippen LogP contribution in [0.4, 0.5) is 24.7 Å². The standard InChI is InChI=1S/C49H47F3N4O4/c1-59-49-42(25-24-41(48(49)52)37-19-13-34(14-20-37)7-5-27-53-47(58)30-35-15-21-38(50)22-16-35)44-32-56(28-29-60-44)45-26-23-39(31-54-45)55-46(57)10-4-6-33-11-17-36(18-12-33)40-8-2-3-9-43(40)51/h2-3,8-9,11-26,31,44H,4-7,10,27-30,32H2,1H3,(H,53,58)(H,55,57). The highest BCUT2D eigenvalue weighted by Crippen LogP contribution is 2.38. The number of nitrogens with one attached hydrogen (secondary N) is 2. The van der Waals surface area contributed by atoms with Gasteiger partial charge in [0.1, 0.15) is 23.6 Å². The van der Waals surface area contributed by atoms with Crippen molar-refractivity contribution >= 4 is 23.3 Å². The lowest BCUT2D eigenvalue weighted by atomic mass is 9.97. The molecule has 8 nitrogen and oxygen atoms in total. The Hall–Kier alpha value is -6.46. The fourth-order valence-corrected chi connectivity index (χ4v) is 7.39. The molecular weight excluding hydrogens is 766 g/mol. The summed E-state index contributed by atoms with van der Waals surface area (Å²) < 4.78 is 55.1. The van der Waals surface area contributed by atoms with E-state index >= 15 is 4.39 Å². The molecule has 5 aromatic carbocycles. The topological polar surface area (TPSA) is 92.8 Å². The second kappa shape index (κ2) is 20.0. The maximum absolute atomic E-state index is 16.1. The first-order chi connectivity index (χ1) is 29.2. The first kappa shape index (κ1) is 41.7. The molecule has 11 heteroatoms. The Morgan fingerprint density at radius 2 is 1.45 bits per heavy atom. The predicted molar refractivity (Wildman–Crippen MR) is 228 cm³/mol. The molecule has 1 aromatic heterocycles. The molecule has 1 aliphatic rings. The lowest BCUT2D eigenvalue weighted by molar-refractivity contribution is -0.120. The summed E-state index contributed by atoms with van der Waals surface area (Å²) in [4.78, 5) is 31.7. The molecule has 1 fully saturated rings. The van der Waals surface area contributed by atoms with Crippen LogP contribution >= 0.6 is 0 Å². The van der Waals surface area contributed by atoms with Gasteiger partial charge in [-0.3, -0.25) is 9.59 Å². The molecule has 60 heavy (non-hydrogen) atoms. The van der Waals surface area contributed by atoms with Gasteiger partial charge in [0.2, 0.25) is 11.8 Å². The van der Waals surface area contributed by atoms with Crippen molar-refractivity contribution in [1.29, 1.82) is 0 Å². The normalized spacial score (nSPS) is 13.8. The smallest absolute Gasteiger partial charge is 0.224 e. The van der Waals surface area contributed by atoms with Gasteiger partial charge in [-0.05, 0) is 83.8 Å². The molecule has 1 unspecified atom stereocenters. The van der Waals surface area contributed by atoms with Gasteiger partial charge in [0.25, 0.3) is 0 Å². The number of carbonyl (C=O) groups excluding carboxylic acids is 2. The lowest BCUT2D eigenvalue weighted by Crippen LogP contribution is -2.39. The molecule has 2 amide bonds. The van der Waals surface area contributed by atoms with Crippen LogP contribution in [0, 0.1) is 17.5 Å². The van der Waals surface area contributed by atoms with Crippen LogP contribution in [0.1, 0.15) is 47.6 Å². The van der Waals surface area contributed by atoms with E-state index in [1.807, 2.05) is 72.8 Å². The molecule has 2 N–H and O–H groups in total. The number of hydrogen-bond donors (Lipinski definition) is 2. The molecule has 0 bridgehead atoms. The third-order valence-electron chi connectivity index (χ3n) is 10.6. The second-order valence-corrected chi connectivity index (χ2v) is 14.8. The number of benzene rings is 5. The molecular formula is C49H47F3N4O4. The molecule has 6 aromatic rings. The maximum Gasteiger partial charge on any atom is 0.224 e. The van der Waals surface area contributed by atoms with Gasteiger partial charge >= 0.3 is 0 Å². The van der Waals surface area contributed by atoms with Crippen LogP contribution in [0.25, 0.3) is 22.3 Å². The highest BCUT2D eigenvalue weighted by molar-refractivity contribution is 5.90. The molecule has 1 aliphatic heterocycles. The van der Waals surface area contributed by atoms with Gasteiger partial charge in [0.05, 0.1) is 38.6 Å². The molecule has 308 valence electrons. The van der Waals surface area contributed by atoms with Crippen LogP contribution in [0.5, 0.6) is 5.75 Å². The van der Waals surface area contributed by atoms with Gasteiger partial charge in [-0.15, -0.1) is 0 Å². The number of ether oxygens (including phenoxy) is 2. The van der Waals surface area contributed by atoms with E-state index in [-0.39, 0.29) is 35.6 Å². The molecule has 0 spiro atoms. The minimum atomic E-state index is -0.469. The third kappa shape index (κ3) is 10.8. The van der Waals surface area contributed by atoms with E-state index in [1.165, 1.54) is 25.3 Å². The highest BCUT2D eigenvalue weighted by Gasteiger charge is 2.28. The summed E-state index contributed by atoms with van der Waals surface area (Å²) in [5.41, 5.74) is 6.60. The molecule has 2 heterocycles. The number of morpholine rings is 1. The Morgan fingerprint density at radius 3 is 2.13 bits per heavy atom. The number of aromatic nitrogens is 1. The summed E-state index contributed by atoms with van der Waals surface area (Å²) in [6.07, 6.45) is 4.57. The van der Waals surface area contributed by atoms with E-state index in [9.17, 15) is 18.4 Å². The summed E-state index contributed by atoms with van der Waals surface area (Å²) in [5, 5.41) is 5.84. The van der Waals surface area contributed by atoms with Crippen LogP contribution in [0.3, 0.4) is 0 Å². The van der Waals surface area contributed by atoms with Gasteiger partial charge in [-0.25, -0.2) is 18.2 Å². The SMILES string of the molecule is COc1c(C2CN(c3ccc(NC(=O)CCCc4ccc(-c5ccccc5F)cc4)cn3)CCO2)ccc(-c2ccc(CCCNC(=O)Cc3ccc(F)cc3)cc2)c1F. The Labute approximate surface area is 348 Å². The van der Waals surface area contributed by atoms with E-state index in [2.05, 4.69) is 20.5 Å². The zero-order valence-corrected chi connectivity index (χ0v) is 33.4. The molecule has 1 saturated heterocycles. The Kier molecular flexibility index (Phi) is 13.9. The summed E-state index contributed by atoms with van der Waals surface area (Å²) in [6, 6.07) is 35.3. The number of nitrogens with zero attached hydrogens (tertiary/aromatic N) is 2. The van der Waals surface area contributed by atoms with Gasteiger partial charge in [0, 0.05) is 36.2 Å². The first-order valence-corrected chi connectivity index (χ1v) is 20.2. The van der Waals surface area contributed by atoms with Crippen molar-refractivity contribution in [1.82, 2.24) is 10.3 Å². The Balaban J connectivity index is 0.879. The Bertz CT molecular complexity index is 2370. The zero-order valence-electron chi connectivity index (χ0n) is 33.4. The van der Waals surface area contributed by atoms with Crippen molar-refractivity contribution in [3.63, 3.8) is 0 Å². The summed E-state index contributed by atoms with van der Waals surface area (Å²) in [6.45, 7) is 1.93. The quantitative estimate of drug-likeness (QED) is 0.0947. The lowest BCUT2D eigenvalue weighted by Gasteiger charge is -2.34. The average Bonchev–Trinajstić information content (AvgIpc) is 3.27. The molecule has 1 atom stereocenters. The number of hydrogen-bond acceptors (Lipinski definition) is 6.